The molecule has 4 aromatic heterocycles. The molecular formula is C34H36N8. The quantitative estimate of drug-likeness (QED) is 0.274. The molecule has 2 atom stereocenters. The topological polar surface area (TPSA) is 97.1 Å². The molecule has 3 saturated heterocycles. The Labute approximate surface area is 247 Å². The number of nitriles is 2. The van der Waals surface area contributed by atoms with E-state index in [1.54, 1.807) is 6.20 Å². The lowest BCUT2D eigenvalue weighted by atomic mass is 9.82. The Morgan fingerprint density at radius 2 is 1.81 bits per heavy atom. The van der Waals surface area contributed by atoms with Gasteiger partial charge in [0.1, 0.15) is 11.9 Å². The monoisotopic (exact) mass is 556 g/mol. The molecule has 3 aliphatic heterocycles. The van der Waals surface area contributed by atoms with E-state index in [-0.39, 0.29) is 5.41 Å². The Morgan fingerprint density at radius 1 is 0.976 bits per heavy atom. The number of nitrogens with zero attached hydrogens (tertiary/aromatic N) is 8. The first kappa shape index (κ1) is 26.6. The molecule has 8 nitrogen and oxygen atoms in total. The molecule has 0 amide bonds. The van der Waals surface area contributed by atoms with Crippen molar-refractivity contribution in [3.8, 4) is 23.3 Å². The van der Waals surface area contributed by atoms with Crippen LogP contribution in [0, 0.1) is 28.1 Å². The fourth-order valence-corrected chi connectivity index (χ4v) is 7.30. The SMILES string of the molecule is CCc1ccc(CN2C3CC2CN(c2ccc(-c4cc(CCC5(C#N)CCCC5)cn5ncc(C#N)c45)cn2)C3)cn1. The Bertz CT molecular complexity index is 1660. The fourth-order valence-electron chi connectivity index (χ4n) is 7.30. The maximum absolute atomic E-state index is 9.86. The van der Waals surface area contributed by atoms with E-state index in [4.69, 9.17) is 4.98 Å². The van der Waals surface area contributed by atoms with Gasteiger partial charge in [0.15, 0.2) is 0 Å². The summed E-state index contributed by atoms with van der Waals surface area (Å²) >= 11 is 0. The van der Waals surface area contributed by atoms with Crippen LogP contribution >= 0.6 is 0 Å². The molecule has 2 bridgehead atoms. The number of hydrogen-bond donors (Lipinski definition) is 0. The third-order valence-electron chi connectivity index (χ3n) is 9.82. The third kappa shape index (κ3) is 4.80. The zero-order valence-electron chi connectivity index (χ0n) is 24.2. The van der Waals surface area contributed by atoms with Gasteiger partial charge in [-0.3, -0.25) is 9.88 Å². The van der Waals surface area contributed by atoms with Gasteiger partial charge in [-0.25, -0.2) is 9.50 Å². The Morgan fingerprint density at radius 3 is 2.48 bits per heavy atom. The molecule has 4 fully saturated rings. The third-order valence-corrected chi connectivity index (χ3v) is 9.82. The summed E-state index contributed by atoms with van der Waals surface area (Å²) in [6, 6.07) is 16.8. The first-order chi connectivity index (χ1) is 20.6. The van der Waals surface area contributed by atoms with Crippen molar-refractivity contribution in [3.05, 3.63) is 77.5 Å². The lowest BCUT2D eigenvalue weighted by Gasteiger charge is -2.56. The van der Waals surface area contributed by atoms with Gasteiger partial charge in [0.05, 0.1) is 28.8 Å². The summed E-state index contributed by atoms with van der Waals surface area (Å²) in [5.74, 6) is 1.00. The summed E-state index contributed by atoms with van der Waals surface area (Å²) in [5.41, 5.74) is 6.66. The standard InChI is InChI=1S/C34H36N8/c1-2-28-7-5-25(16-37-28)19-41-29-14-30(41)22-40(21-29)32-8-6-26(17-38-32)31-13-24(9-12-34(23-36)10-3-4-11-34)20-42-33(31)27(15-35)18-39-42/h5-8,13,16-18,20,29-30H,2-4,9-12,14,19,21-22H2,1H3. The van der Waals surface area contributed by atoms with E-state index in [2.05, 4.69) is 69.3 Å². The highest BCUT2D eigenvalue weighted by molar-refractivity contribution is 5.84. The van der Waals surface area contributed by atoms with E-state index in [9.17, 15) is 10.5 Å². The molecule has 0 spiro atoms. The molecule has 8 rings (SSSR count). The molecule has 212 valence electrons. The predicted octanol–water partition coefficient (Wildman–Crippen LogP) is 5.71. The molecule has 4 aromatic rings. The van der Waals surface area contributed by atoms with E-state index < -0.39 is 0 Å². The maximum Gasteiger partial charge on any atom is 0.128 e. The molecule has 42 heavy (non-hydrogen) atoms. The van der Waals surface area contributed by atoms with Crippen molar-refractivity contribution in [3.63, 3.8) is 0 Å². The number of aryl methyl sites for hydroxylation is 2. The Balaban J connectivity index is 1.08. The van der Waals surface area contributed by atoms with Gasteiger partial charge >= 0.3 is 0 Å². The molecule has 4 aliphatic rings. The summed E-state index contributed by atoms with van der Waals surface area (Å²) in [6.07, 6.45) is 15.8. The van der Waals surface area contributed by atoms with Crippen molar-refractivity contribution in [1.82, 2.24) is 24.5 Å². The van der Waals surface area contributed by atoms with Gasteiger partial charge in [-0.15, -0.1) is 0 Å². The van der Waals surface area contributed by atoms with E-state index in [1.165, 1.54) is 12.0 Å². The van der Waals surface area contributed by atoms with Gasteiger partial charge in [-0.1, -0.05) is 25.8 Å². The van der Waals surface area contributed by atoms with Crippen molar-refractivity contribution in [2.24, 2.45) is 5.41 Å². The average molecular weight is 557 g/mol. The number of rotatable bonds is 8. The van der Waals surface area contributed by atoms with Gasteiger partial charge in [0, 0.05) is 67.1 Å². The summed E-state index contributed by atoms with van der Waals surface area (Å²) in [7, 11) is 0. The average Bonchev–Trinajstić information content (AvgIpc) is 3.70. The van der Waals surface area contributed by atoms with Gasteiger partial charge in [-0.2, -0.15) is 15.6 Å². The van der Waals surface area contributed by atoms with Crippen molar-refractivity contribution in [2.45, 2.75) is 76.9 Å². The Kier molecular flexibility index (Phi) is 6.88. The Hall–Kier alpha value is -4.27. The summed E-state index contributed by atoms with van der Waals surface area (Å²) in [4.78, 5) is 14.5. The summed E-state index contributed by atoms with van der Waals surface area (Å²) in [6.45, 7) is 5.05. The maximum atomic E-state index is 9.86. The molecule has 0 aromatic carbocycles. The van der Waals surface area contributed by atoms with Crippen molar-refractivity contribution in [2.75, 3.05) is 18.0 Å². The summed E-state index contributed by atoms with van der Waals surface area (Å²) < 4.78 is 1.82. The van der Waals surface area contributed by atoms with Crippen LogP contribution in [0.5, 0.6) is 0 Å². The lowest BCUT2D eigenvalue weighted by molar-refractivity contribution is -0.00875. The van der Waals surface area contributed by atoms with Crippen LogP contribution in [-0.2, 0) is 19.4 Å². The number of fused-ring (bicyclic) bond motifs is 3. The number of aromatic nitrogens is 4. The van der Waals surface area contributed by atoms with Crippen LogP contribution < -0.4 is 4.90 Å². The highest BCUT2D eigenvalue weighted by atomic mass is 15.4. The first-order valence-corrected chi connectivity index (χ1v) is 15.3. The minimum Gasteiger partial charge on any atom is -0.353 e. The van der Waals surface area contributed by atoms with Gasteiger partial charge in [0.25, 0.3) is 0 Å². The largest absolute Gasteiger partial charge is 0.353 e. The van der Waals surface area contributed by atoms with E-state index >= 15 is 0 Å². The number of anilines is 1. The van der Waals surface area contributed by atoms with Gasteiger partial charge in [0.2, 0.25) is 0 Å². The van der Waals surface area contributed by atoms with Gasteiger partial charge in [-0.05, 0) is 73.9 Å². The van der Waals surface area contributed by atoms with Crippen molar-refractivity contribution in [1.29, 1.82) is 10.5 Å². The molecular weight excluding hydrogens is 520 g/mol. The predicted molar refractivity (Wildman–Crippen MR) is 162 cm³/mol. The second-order valence-electron chi connectivity index (χ2n) is 12.4. The fraction of sp³-hybridized carbons (Fsp3) is 0.441. The number of piperazine rings is 1. The number of hydrogen-bond acceptors (Lipinski definition) is 7. The number of piperidine rings is 1. The van der Waals surface area contributed by atoms with E-state index in [0.717, 1.165) is 98.3 Å². The van der Waals surface area contributed by atoms with Crippen LogP contribution in [0.2, 0.25) is 0 Å². The highest BCUT2D eigenvalue weighted by Crippen LogP contribution is 2.42. The second-order valence-corrected chi connectivity index (χ2v) is 12.4. The first-order valence-electron chi connectivity index (χ1n) is 15.3. The van der Waals surface area contributed by atoms with Crippen LogP contribution in [0.25, 0.3) is 16.6 Å². The van der Waals surface area contributed by atoms with E-state index in [1.807, 2.05) is 23.1 Å². The molecule has 0 radical (unpaired) electrons. The second kappa shape index (κ2) is 10.9. The zero-order valence-corrected chi connectivity index (χ0v) is 24.2. The molecule has 8 heteroatoms. The number of pyridine rings is 3. The van der Waals surface area contributed by atoms with Crippen LogP contribution in [-0.4, -0.2) is 49.7 Å². The minimum absolute atomic E-state index is 0.207. The molecule has 1 saturated carbocycles. The molecule has 2 unspecified atom stereocenters. The van der Waals surface area contributed by atoms with Crippen molar-refractivity contribution >= 4 is 11.3 Å². The van der Waals surface area contributed by atoms with Crippen molar-refractivity contribution < 1.29 is 0 Å². The van der Waals surface area contributed by atoms with E-state index in [0.29, 0.717) is 17.6 Å². The minimum atomic E-state index is -0.207. The normalized spacial score (nSPS) is 21.2. The van der Waals surface area contributed by atoms with Crippen LogP contribution in [0.3, 0.4) is 0 Å². The summed E-state index contributed by atoms with van der Waals surface area (Å²) in [5, 5.41) is 24.1. The molecule has 0 N–H and O–H groups in total. The van der Waals surface area contributed by atoms with Crippen LogP contribution in [0.1, 0.15) is 67.8 Å². The lowest BCUT2D eigenvalue weighted by Crippen LogP contribution is -2.68. The van der Waals surface area contributed by atoms with Crippen LogP contribution in [0.15, 0.2) is 55.1 Å². The molecule has 1 aliphatic carbocycles. The highest BCUT2D eigenvalue weighted by Gasteiger charge is 2.44. The van der Waals surface area contributed by atoms with Crippen LogP contribution in [0.4, 0.5) is 5.82 Å². The zero-order chi connectivity index (χ0) is 28.7. The smallest absolute Gasteiger partial charge is 0.128 e. The van der Waals surface area contributed by atoms with Gasteiger partial charge < -0.3 is 4.90 Å². The molecule has 7 heterocycles.